The Labute approximate surface area is 167 Å². The molecule has 0 bridgehead atoms. The van der Waals surface area contributed by atoms with Gasteiger partial charge in [0.15, 0.2) is 0 Å². The number of nitrogens with one attached hydrogen (secondary N) is 2. The average Bonchev–Trinajstić information content (AvgIpc) is 2.71. The number of hydrogen-bond donors (Lipinski definition) is 2. The van der Waals surface area contributed by atoms with Crippen molar-refractivity contribution in [3.63, 3.8) is 0 Å². The minimum Gasteiger partial charge on any atom is -0.370 e. The van der Waals surface area contributed by atoms with Gasteiger partial charge in [-0.2, -0.15) is 0 Å². The Balaban J connectivity index is 1.72. The summed E-state index contributed by atoms with van der Waals surface area (Å²) in [6.45, 7) is 5.29. The molecule has 2 N–H and O–H groups in total. The van der Waals surface area contributed by atoms with E-state index in [1.165, 1.54) is 0 Å². The summed E-state index contributed by atoms with van der Waals surface area (Å²) in [4.78, 5) is 17.5. The monoisotopic (exact) mass is 373 g/mol. The van der Waals surface area contributed by atoms with Gasteiger partial charge in [0.1, 0.15) is 5.82 Å². The maximum absolute atomic E-state index is 13.1. The molecule has 28 heavy (non-hydrogen) atoms. The molecule has 3 aromatic rings. The van der Waals surface area contributed by atoms with Crippen molar-refractivity contribution in [1.29, 1.82) is 0 Å². The molecule has 0 atom stereocenters. The van der Waals surface area contributed by atoms with Crippen LogP contribution in [-0.4, -0.2) is 17.4 Å². The van der Waals surface area contributed by atoms with E-state index in [0.717, 1.165) is 29.9 Å². The van der Waals surface area contributed by atoms with Gasteiger partial charge in [-0.1, -0.05) is 74.5 Å². The van der Waals surface area contributed by atoms with Crippen molar-refractivity contribution in [2.45, 2.75) is 26.2 Å². The molecule has 4 heteroatoms. The molecule has 1 heterocycles. The third-order valence-corrected chi connectivity index (χ3v) is 4.59. The van der Waals surface area contributed by atoms with Gasteiger partial charge in [0.2, 0.25) is 5.91 Å². The van der Waals surface area contributed by atoms with Crippen molar-refractivity contribution < 1.29 is 4.79 Å². The van der Waals surface area contributed by atoms with Crippen LogP contribution in [0.4, 0.5) is 11.5 Å². The summed E-state index contributed by atoms with van der Waals surface area (Å²) < 4.78 is 0. The van der Waals surface area contributed by atoms with E-state index in [1.807, 2.05) is 72.8 Å². The third-order valence-electron chi connectivity index (χ3n) is 4.59. The zero-order chi connectivity index (χ0) is 19.8. The van der Waals surface area contributed by atoms with Crippen LogP contribution in [0, 0.1) is 5.92 Å². The first-order valence-electron chi connectivity index (χ1n) is 9.74. The molecular formula is C24H27N3O. The summed E-state index contributed by atoms with van der Waals surface area (Å²) in [7, 11) is 0. The SMILES string of the molecule is CC(C)CCNc1ccc(NC(=O)C(c2ccccc2)c2ccccc2)cn1. The molecule has 0 aliphatic rings. The smallest absolute Gasteiger partial charge is 0.236 e. The Hall–Kier alpha value is -3.14. The molecule has 0 radical (unpaired) electrons. The molecule has 1 aromatic heterocycles. The Morgan fingerprint density at radius 1 is 0.893 bits per heavy atom. The fraction of sp³-hybridized carbons (Fsp3) is 0.250. The first-order chi connectivity index (χ1) is 13.6. The number of rotatable bonds is 8. The van der Waals surface area contributed by atoms with Gasteiger partial charge in [0, 0.05) is 6.54 Å². The molecular weight excluding hydrogens is 346 g/mol. The molecule has 0 saturated heterocycles. The standard InChI is InChI=1S/C24H27N3O/c1-18(2)15-16-25-22-14-13-21(17-26-22)27-24(28)23(19-9-5-3-6-10-19)20-11-7-4-8-12-20/h3-14,17-18,23H,15-16H2,1-2H3,(H,25,26)(H,27,28). The minimum absolute atomic E-state index is 0.0697. The van der Waals surface area contributed by atoms with E-state index in [0.29, 0.717) is 11.6 Å². The number of carbonyl (C=O) groups excluding carboxylic acids is 1. The summed E-state index contributed by atoms with van der Waals surface area (Å²) in [6.07, 6.45) is 2.79. The number of hydrogen-bond acceptors (Lipinski definition) is 3. The van der Waals surface area contributed by atoms with Crippen LogP contribution in [0.15, 0.2) is 79.0 Å². The van der Waals surface area contributed by atoms with Gasteiger partial charge in [0.05, 0.1) is 17.8 Å². The quantitative estimate of drug-likeness (QED) is 0.562. The van der Waals surface area contributed by atoms with Crippen molar-refractivity contribution in [3.8, 4) is 0 Å². The zero-order valence-corrected chi connectivity index (χ0v) is 16.4. The van der Waals surface area contributed by atoms with E-state index in [2.05, 4.69) is 29.5 Å². The maximum Gasteiger partial charge on any atom is 0.236 e. The Morgan fingerprint density at radius 2 is 1.50 bits per heavy atom. The molecule has 0 aliphatic carbocycles. The fourth-order valence-electron chi connectivity index (χ4n) is 3.06. The van der Waals surface area contributed by atoms with E-state index in [-0.39, 0.29) is 11.8 Å². The normalized spacial score (nSPS) is 10.9. The minimum atomic E-state index is -0.369. The summed E-state index contributed by atoms with van der Waals surface area (Å²) >= 11 is 0. The third kappa shape index (κ3) is 5.43. The van der Waals surface area contributed by atoms with E-state index >= 15 is 0 Å². The fourth-order valence-corrected chi connectivity index (χ4v) is 3.06. The molecule has 3 rings (SSSR count). The Morgan fingerprint density at radius 3 is 2.00 bits per heavy atom. The lowest BCUT2D eigenvalue weighted by Gasteiger charge is -2.18. The van der Waals surface area contributed by atoms with Crippen LogP contribution in [0.25, 0.3) is 0 Å². The zero-order valence-electron chi connectivity index (χ0n) is 16.4. The van der Waals surface area contributed by atoms with E-state index in [1.54, 1.807) is 6.20 Å². The van der Waals surface area contributed by atoms with Gasteiger partial charge in [-0.25, -0.2) is 4.98 Å². The number of benzene rings is 2. The van der Waals surface area contributed by atoms with Crippen LogP contribution in [0.1, 0.15) is 37.3 Å². The van der Waals surface area contributed by atoms with Crippen LogP contribution in [0.3, 0.4) is 0 Å². The van der Waals surface area contributed by atoms with Gasteiger partial charge in [0.25, 0.3) is 0 Å². The molecule has 1 amide bonds. The van der Waals surface area contributed by atoms with Gasteiger partial charge in [-0.15, -0.1) is 0 Å². The number of aromatic nitrogens is 1. The molecule has 0 spiro atoms. The van der Waals surface area contributed by atoms with Crippen LogP contribution >= 0.6 is 0 Å². The highest BCUT2D eigenvalue weighted by molar-refractivity contribution is 5.98. The number of nitrogens with zero attached hydrogens (tertiary/aromatic N) is 1. The summed E-state index contributed by atoms with van der Waals surface area (Å²) in [5, 5.41) is 6.32. The van der Waals surface area contributed by atoms with Crippen LogP contribution in [-0.2, 0) is 4.79 Å². The van der Waals surface area contributed by atoms with Crippen molar-refractivity contribution in [2.24, 2.45) is 5.92 Å². The Bertz CT molecular complexity index is 822. The second-order valence-electron chi connectivity index (χ2n) is 7.29. The van der Waals surface area contributed by atoms with Crippen molar-refractivity contribution in [2.75, 3.05) is 17.2 Å². The predicted octanol–water partition coefficient (Wildman–Crippen LogP) is 5.31. The summed E-state index contributed by atoms with van der Waals surface area (Å²) in [6, 6.07) is 23.5. The van der Waals surface area contributed by atoms with Gasteiger partial charge < -0.3 is 10.6 Å². The largest absolute Gasteiger partial charge is 0.370 e. The van der Waals surface area contributed by atoms with Crippen molar-refractivity contribution in [1.82, 2.24) is 4.98 Å². The van der Waals surface area contributed by atoms with E-state index < -0.39 is 0 Å². The van der Waals surface area contributed by atoms with Gasteiger partial charge in [-0.05, 0) is 35.6 Å². The molecule has 0 fully saturated rings. The number of pyridine rings is 1. The highest BCUT2D eigenvalue weighted by atomic mass is 16.1. The highest BCUT2D eigenvalue weighted by Crippen LogP contribution is 2.26. The number of anilines is 2. The van der Waals surface area contributed by atoms with Crippen molar-refractivity contribution in [3.05, 3.63) is 90.1 Å². The van der Waals surface area contributed by atoms with E-state index in [4.69, 9.17) is 0 Å². The van der Waals surface area contributed by atoms with Crippen molar-refractivity contribution >= 4 is 17.4 Å². The summed E-state index contributed by atoms with van der Waals surface area (Å²) in [5.74, 6) is 1.03. The highest BCUT2D eigenvalue weighted by Gasteiger charge is 2.22. The molecule has 0 saturated carbocycles. The molecule has 4 nitrogen and oxygen atoms in total. The van der Waals surface area contributed by atoms with Gasteiger partial charge >= 0.3 is 0 Å². The molecule has 2 aromatic carbocycles. The first kappa shape index (κ1) is 19.6. The van der Waals surface area contributed by atoms with Crippen LogP contribution in [0.5, 0.6) is 0 Å². The number of amides is 1. The second kappa shape index (κ2) is 9.70. The molecule has 0 unspecified atom stereocenters. The molecule has 144 valence electrons. The lowest BCUT2D eigenvalue weighted by atomic mass is 9.90. The molecule has 0 aliphatic heterocycles. The first-order valence-corrected chi connectivity index (χ1v) is 9.74. The number of carbonyl (C=O) groups is 1. The Kier molecular flexibility index (Phi) is 6.79. The lowest BCUT2D eigenvalue weighted by molar-refractivity contribution is -0.116. The van der Waals surface area contributed by atoms with Gasteiger partial charge in [-0.3, -0.25) is 4.79 Å². The second-order valence-corrected chi connectivity index (χ2v) is 7.29. The maximum atomic E-state index is 13.1. The van der Waals surface area contributed by atoms with E-state index in [9.17, 15) is 4.79 Å². The average molecular weight is 374 g/mol. The lowest BCUT2D eigenvalue weighted by Crippen LogP contribution is -2.22. The summed E-state index contributed by atoms with van der Waals surface area (Å²) in [5.41, 5.74) is 2.62. The van der Waals surface area contributed by atoms with Crippen LogP contribution in [0.2, 0.25) is 0 Å². The predicted molar refractivity (Wildman–Crippen MR) is 116 cm³/mol. The topological polar surface area (TPSA) is 54.0 Å². The van der Waals surface area contributed by atoms with Crippen LogP contribution < -0.4 is 10.6 Å².